The maximum absolute atomic E-state index is 12.0. The van der Waals surface area contributed by atoms with Crippen molar-refractivity contribution < 1.29 is 4.79 Å². The van der Waals surface area contributed by atoms with E-state index in [1.54, 1.807) is 0 Å². The van der Waals surface area contributed by atoms with Crippen LogP contribution in [0, 0.1) is 3.57 Å². The van der Waals surface area contributed by atoms with Gasteiger partial charge in [-0.25, -0.2) is 0 Å². The number of halogens is 1. The van der Waals surface area contributed by atoms with Crippen LogP contribution in [0.3, 0.4) is 0 Å². The summed E-state index contributed by atoms with van der Waals surface area (Å²) in [6.45, 7) is 1.69. The fourth-order valence-electron chi connectivity index (χ4n) is 1.72. The lowest BCUT2D eigenvalue weighted by molar-refractivity contribution is 0.0399. The molecule has 1 aromatic carbocycles. The summed E-state index contributed by atoms with van der Waals surface area (Å²) >= 11 is 2.24. The third kappa shape index (κ3) is 2.38. The van der Waals surface area contributed by atoms with E-state index in [-0.39, 0.29) is 5.91 Å². The van der Waals surface area contributed by atoms with Gasteiger partial charge in [-0.2, -0.15) is 0 Å². The van der Waals surface area contributed by atoms with Crippen LogP contribution >= 0.6 is 22.6 Å². The summed E-state index contributed by atoms with van der Waals surface area (Å²) in [4.78, 5) is 16.1. The molecule has 0 radical (unpaired) electrons. The van der Waals surface area contributed by atoms with E-state index in [0.29, 0.717) is 6.04 Å². The Morgan fingerprint density at radius 1 is 1.31 bits per heavy atom. The summed E-state index contributed by atoms with van der Waals surface area (Å²) in [5.41, 5.74) is 0.789. The van der Waals surface area contributed by atoms with Crippen molar-refractivity contribution in [2.45, 2.75) is 6.04 Å². The Bertz CT molecular complexity index is 383. The smallest absolute Gasteiger partial charge is 0.253 e. The highest BCUT2D eigenvalue weighted by Crippen LogP contribution is 2.16. The van der Waals surface area contributed by atoms with Gasteiger partial charge in [-0.3, -0.25) is 4.79 Å². The molecule has 1 amide bonds. The number of nitrogens with zero attached hydrogens (tertiary/aromatic N) is 2. The summed E-state index contributed by atoms with van der Waals surface area (Å²) in [5.74, 6) is 0.148. The molecule has 0 unspecified atom stereocenters. The molecule has 16 heavy (non-hydrogen) atoms. The Morgan fingerprint density at radius 2 is 1.88 bits per heavy atom. The quantitative estimate of drug-likeness (QED) is 0.771. The normalized spacial score (nSPS) is 16.4. The summed E-state index contributed by atoms with van der Waals surface area (Å²) in [7, 11) is 4.11. The molecule has 0 atom stereocenters. The number of carbonyl (C=O) groups is 1. The van der Waals surface area contributed by atoms with Crippen molar-refractivity contribution in [1.29, 1.82) is 0 Å². The molecule has 0 bridgehead atoms. The minimum absolute atomic E-state index is 0.148. The molecular weight excluding hydrogens is 315 g/mol. The molecule has 0 aromatic heterocycles. The first-order chi connectivity index (χ1) is 7.58. The molecule has 0 N–H and O–H groups in total. The second-order valence-electron chi connectivity index (χ2n) is 4.33. The molecule has 86 valence electrons. The molecule has 1 aromatic rings. The lowest BCUT2D eigenvalue weighted by Crippen LogP contribution is -2.59. The first-order valence-corrected chi connectivity index (χ1v) is 6.37. The van der Waals surface area contributed by atoms with E-state index in [2.05, 4.69) is 41.6 Å². The van der Waals surface area contributed by atoms with Crippen LogP contribution in [0.4, 0.5) is 0 Å². The van der Waals surface area contributed by atoms with Gasteiger partial charge in [-0.05, 0) is 61.0 Å². The minimum Gasteiger partial charge on any atom is -0.335 e. The number of likely N-dealkylation sites (tertiary alicyclic amines) is 1. The maximum atomic E-state index is 12.0. The molecule has 0 aliphatic carbocycles. The number of carbonyl (C=O) groups excluding carboxylic acids is 1. The summed E-state index contributed by atoms with van der Waals surface area (Å²) in [6, 6.07) is 8.25. The predicted octanol–water partition coefficient (Wildman–Crippen LogP) is 1.68. The largest absolute Gasteiger partial charge is 0.335 e. The molecule has 2 rings (SSSR count). The van der Waals surface area contributed by atoms with Crippen LogP contribution in [0.5, 0.6) is 0 Å². The zero-order chi connectivity index (χ0) is 11.7. The van der Waals surface area contributed by atoms with Crippen molar-refractivity contribution in [2.24, 2.45) is 0 Å². The summed E-state index contributed by atoms with van der Waals surface area (Å²) < 4.78 is 1.16. The van der Waals surface area contributed by atoms with Crippen molar-refractivity contribution >= 4 is 28.5 Å². The molecule has 0 spiro atoms. The Morgan fingerprint density at radius 3 is 2.38 bits per heavy atom. The van der Waals surface area contributed by atoms with E-state index in [9.17, 15) is 4.79 Å². The van der Waals surface area contributed by atoms with Gasteiger partial charge in [0.15, 0.2) is 0 Å². The molecule has 1 saturated heterocycles. The minimum atomic E-state index is 0.148. The third-order valence-electron chi connectivity index (χ3n) is 2.97. The molecular formula is C12H15IN2O. The highest BCUT2D eigenvalue weighted by Gasteiger charge is 2.32. The number of likely N-dealkylation sites (N-methyl/N-ethyl adjacent to an activating group) is 1. The SMILES string of the molecule is CN(C)C1CN(C(=O)c2ccc(I)cc2)C1. The van der Waals surface area contributed by atoms with E-state index in [4.69, 9.17) is 0 Å². The summed E-state index contributed by atoms with van der Waals surface area (Å²) in [5, 5.41) is 0. The van der Waals surface area contributed by atoms with Gasteiger partial charge in [0, 0.05) is 28.3 Å². The molecule has 1 heterocycles. The van der Waals surface area contributed by atoms with Gasteiger partial charge in [0.1, 0.15) is 0 Å². The van der Waals surface area contributed by atoms with Crippen LogP contribution in [0.25, 0.3) is 0 Å². The number of hydrogen-bond donors (Lipinski definition) is 0. The molecule has 3 nitrogen and oxygen atoms in total. The lowest BCUT2D eigenvalue weighted by atomic mass is 10.1. The highest BCUT2D eigenvalue weighted by molar-refractivity contribution is 14.1. The van der Waals surface area contributed by atoms with Gasteiger partial charge >= 0.3 is 0 Å². The monoisotopic (exact) mass is 330 g/mol. The van der Waals surface area contributed by atoms with Crippen LogP contribution < -0.4 is 0 Å². The standard InChI is InChI=1S/C12H15IN2O/c1-14(2)11-7-15(8-11)12(16)9-3-5-10(13)6-4-9/h3-6,11H,7-8H2,1-2H3. The van der Waals surface area contributed by atoms with Crippen molar-refractivity contribution in [3.05, 3.63) is 33.4 Å². The number of hydrogen-bond acceptors (Lipinski definition) is 2. The van der Waals surface area contributed by atoms with Crippen LogP contribution in [-0.2, 0) is 0 Å². The van der Waals surface area contributed by atoms with Crippen molar-refractivity contribution in [3.8, 4) is 0 Å². The average Bonchev–Trinajstić information content (AvgIpc) is 2.15. The van der Waals surface area contributed by atoms with Crippen molar-refractivity contribution in [3.63, 3.8) is 0 Å². The zero-order valence-electron chi connectivity index (χ0n) is 9.48. The number of rotatable bonds is 2. The highest BCUT2D eigenvalue weighted by atomic mass is 127. The Balaban J connectivity index is 1.97. The van der Waals surface area contributed by atoms with Gasteiger partial charge in [0.05, 0.1) is 0 Å². The van der Waals surface area contributed by atoms with E-state index in [0.717, 1.165) is 22.2 Å². The van der Waals surface area contributed by atoms with Gasteiger partial charge < -0.3 is 9.80 Å². The molecule has 4 heteroatoms. The second-order valence-corrected chi connectivity index (χ2v) is 5.58. The van der Waals surface area contributed by atoms with Gasteiger partial charge in [0.2, 0.25) is 0 Å². The second kappa shape index (κ2) is 4.71. The Hall–Kier alpha value is -0.620. The Labute approximate surface area is 110 Å². The molecule has 1 fully saturated rings. The van der Waals surface area contributed by atoms with Gasteiger partial charge in [0.25, 0.3) is 5.91 Å². The van der Waals surface area contributed by atoms with Crippen LogP contribution in [0.2, 0.25) is 0 Å². The maximum Gasteiger partial charge on any atom is 0.253 e. The topological polar surface area (TPSA) is 23.6 Å². The van der Waals surface area contributed by atoms with Crippen molar-refractivity contribution in [1.82, 2.24) is 9.80 Å². The number of benzene rings is 1. The average molecular weight is 330 g/mol. The Kier molecular flexibility index (Phi) is 3.49. The first kappa shape index (κ1) is 11.9. The van der Waals surface area contributed by atoms with E-state index in [1.807, 2.05) is 29.2 Å². The zero-order valence-corrected chi connectivity index (χ0v) is 11.6. The van der Waals surface area contributed by atoms with E-state index >= 15 is 0 Å². The van der Waals surface area contributed by atoms with E-state index < -0.39 is 0 Å². The molecule has 1 aliphatic rings. The van der Waals surface area contributed by atoms with Crippen LogP contribution in [-0.4, -0.2) is 48.9 Å². The van der Waals surface area contributed by atoms with E-state index in [1.165, 1.54) is 0 Å². The van der Waals surface area contributed by atoms with Gasteiger partial charge in [-0.15, -0.1) is 0 Å². The fraction of sp³-hybridized carbons (Fsp3) is 0.417. The lowest BCUT2D eigenvalue weighted by Gasteiger charge is -2.42. The number of amides is 1. The predicted molar refractivity (Wildman–Crippen MR) is 72.5 cm³/mol. The van der Waals surface area contributed by atoms with Gasteiger partial charge in [-0.1, -0.05) is 0 Å². The fourth-order valence-corrected chi connectivity index (χ4v) is 2.08. The third-order valence-corrected chi connectivity index (χ3v) is 3.69. The first-order valence-electron chi connectivity index (χ1n) is 5.29. The molecule has 1 aliphatic heterocycles. The van der Waals surface area contributed by atoms with Crippen LogP contribution in [0.1, 0.15) is 10.4 Å². The molecule has 0 saturated carbocycles. The summed E-state index contributed by atoms with van der Waals surface area (Å²) in [6.07, 6.45) is 0. The van der Waals surface area contributed by atoms with Crippen molar-refractivity contribution in [2.75, 3.05) is 27.2 Å². The van der Waals surface area contributed by atoms with Crippen LogP contribution in [0.15, 0.2) is 24.3 Å².